The minimum atomic E-state index is -2.39. The monoisotopic (exact) mass is 346 g/mol. The van der Waals surface area contributed by atoms with Crippen molar-refractivity contribution in [2.75, 3.05) is 27.4 Å². The zero-order chi connectivity index (χ0) is 17.4. The average Bonchev–Trinajstić information content (AvgIpc) is 2.58. The fourth-order valence-corrected chi connectivity index (χ4v) is 4.51. The highest BCUT2D eigenvalue weighted by molar-refractivity contribution is 6.60. The van der Waals surface area contributed by atoms with Gasteiger partial charge in [-0.2, -0.15) is 0 Å². The van der Waals surface area contributed by atoms with Crippen LogP contribution in [0.3, 0.4) is 0 Å². The van der Waals surface area contributed by atoms with E-state index in [0.29, 0.717) is 13.2 Å². The normalized spacial score (nSPS) is 11.4. The summed E-state index contributed by atoms with van der Waals surface area (Å²) in [5, 5.41) is 0. The van der Waals surface area contributed by atoms with E-state index in [1.54, 1.807) is 14.2 Å². The zero-order valence-corrected chi connectivity index (χ0v) is 16.1. The highest BCUT2D eigenvalue weighted by Gasteiger charge is 2.37. The van der Waals surface area contributed by atoms with Gasteiger partial charge in [0.15, 0.2) is 0 Å². The molecule has 0 aliphatic carbocycles. The summed E-state index contributed by atoms with van der Waals surface area (Å²) in [4.78, 5) is 10.8. The van der Waals surface area contributed by atoms with Crippen LogP contribution in [0.2, 0.25) is 6.04 Å². The molecule has 0 saturated carbocycles. The maximum Gasteiger partial charge on any atom is 0.500 e. The molecule has 0 amide bonds. The summed E-state index contributed by atoms with van der Waals surface area (Å²) < 4.78 is 21.6. The van der Waals surface area contributed by atoms with Crippen LogP contribution in [0.4, 0.5) is 0 Å². The summed E-state index contributed by atoms with van der Waals surface area (Å²) in [5.41, 5.74) is 0. The second-order valence-electron chi connectivity index (χ2n) is 5.47. The topological polar surface area (TPSA) is 54.0 Å². The van der Waals surface area contributed by atoms with Crippen LogP contribution in [0.5, 0.6) is 0 Å². The molecule has 0 atom stereocenters. The maximum absolute atomic E-state index is 10.8. The van der Waals surface area contributed by atoms with E-state index in [1.165, 1.54) is 38.2 Å². The van der Waals surface area contributed by atoms with Crippen LogP contribution >= 0.6 is 0 Å². The molecule has 0 heterocycles. The van der Waals surface area contributed by atoms with Crippen molar-refractivity contribution < 1.29 is 22.8 Å². The van der Waals surface area contributed by atoms with Crippen molar-refractivity contribution in [1.29, 1.82) is 0 Å². The summed E-state index contributed by atoms with van der Waals surface area (Å²) in [5.74, 6) is -0.330. The van der Waals surface area contributed by atoms with Crippen LogP contribution in [0, 0.1) is 0 Å². The molecule has 0 aromatic carbocycles. The Labute approximate surface area is 142 Å². The predicted molar refractivity (Wildman–Crippen MR) is 94.3 cm³/mol. The Hall–Kier alpha value is -0.693. The molecule has 0 aromatic rings. The molecular formula is C17H34O5Si. The third-order valence-corrected chi connectivity index (χ3v) is 6.71. The van der Waals surface area contributed by atoms with Gasteiger partial charge in [-0.25, -0.2) is 4.79 Å². The molecule has 136 valence electrons. The van der Waals surface area contributed by atoms with E-state index in [1.807, 2.05) is 6.92 Å². The third-order valence-electron chi connectivity index (χ3n) is 3.77. The lowest BCUT2D eigenvalue weighted by Gasteiger charge is -2.25. The molecule has 0 rings (SSSR count). The van der Waals surface area contributed by atoms with Crippen molar-refractivity contribution in [2.24, 2.45) is 0 Å². The second kappa shape index (κ2) is 14.9. The fourth-order valence-electron chi connectivity index (χ4n) is 2.43. The molecule has 0 fully saturated rings. The lowest BCUT2D eigenvalue weighted by atomic mass is 10.1. The van der Waals surface area contributed by atoms with Crippen molar-refractivity contribution in [3.05, 3.63) is 12.7 Å². The number of carbonyl (C=O) groups is 1. The molecule has 0 spiro atoms. The van der Waals surface area contributed by atoms with Crippen molar-refractivity contribution in [3.8, 4) is 0 Å². The zero-order valence-electron chi connectivity index (χ0n) is 15.1. The molecule has 0 aromatic heterocycles. The highest BCUT2D eigenvalue weighted by Crippen LogP contribution is 2.19. The number of unbranched alkanes of at least 4 members (excludes halogenated alkanes) is 7. The molecule has 5 nitrogen and oxygen atoms in total. The van der Waals surface area contributed by atoms with Crippen LogP contribution in [0.25, 0.3) is 0 Å². The number of ether oxygens (including phenoxy) is 1. The van der Waals surface area contributed by atoms with Crippen molar-refractivity contribution in [1.82, 2.24) is 0 Å². The van der Waals surface area contributed by atoms with Crippen molar-refractivity contribution in [3.63, 3.8) is 0 Å². The molecule has 0 unspecified atom stereocenters. The molecule has 0 saturated heterocycles. The number of rotatable bonds is 16. The minimum Gasteiger partial charge on any atom is -0.463 e. The Morgan fingerprint density at radius 3 is 1.96 bits per heavy atom. The van der Waals surface area contributed by atoms with Crippen LogP contribution in [0.15, 0.2) is 12.7 Å². The SMILES string of the molecule is C=CC(=O)OCCCCCCCCCC[Si](OC)(OC)OCC. The lowest BCUT2D eigenvalue weighted by molar-refractivity contribution is -0.137. The van der Waals surface area contributed by atoms with Gasteiger partial charge in [-0.1, -0.05) is 45.1 Å². The summed E-state index contributed by atoms with van der Waals surface area (Å²) in [6.45, 7) is 6.47. The van der Waals surface area contributed by atoms with Gasteiger partial charge < -0.3 is 18.0 Å². The van der Waals surface area contributed by atoms with Crippen molar-refractivity contribution in [2.45, 2.75) is 64.3 Å². The first-order valence-corrected chi connectivity index (χ1v) is 10.6. The van der Waals surface area contributed by atoms with Crippen LogP contribution in [-0.2, 0) is 22.8 Å². The first-order chi connectivity index (χ1) is 11.1. The Morgan fingerprint density at radius 1 is 0.957 bits per heavy atom. The van der Waals surface area contributed by atoms with Gasteiger partial charge in [0.05, 0.1) is 6.61 Å². The first-order valence-electron chi connectivity index (χ1n) is 8.67. The van der Waals surface area contributed by atoms with Gasteiger partial charge in [0.2, 0.25) is 0 Å². The lowest BCUT2D eigenvalue weighted by Crippen LogP contribution is -2.43. The minimum absolute atomic E-state index is 0.330. The fraction of sp³-hybridized carbons (Fsp3) is 0.824. The van der Waals surface area contributed by atoms with Crippen LogP contribution in [0.1, 0.15) is 58.3 Å². The van der Waals surface area contributed by atoms with Gasteiger partial charge >= 0.3 is 14.8 Å². The van der Waals surface area contributed by atoms with E-state index in [9.17, 15) is 4.79 Å². The largest absolute Gasteiger partial charge is 0.500 e. The van der Waals surface area contributed by atoms with Crippen molar-refractivity contribution >= 4 is 14.8 Å². The molecule has 0 radical (unpaired) electrons. The van der Waals surface area contributed by atoms with E-state index in [-0.39, 0.29) is 5.97 Å². The molecule has 23 heavy (non-hydrogen) atoms. The summed E-state index contributed by atoms with van der Waals surface area (Å²) in [7, 11) is 0.962. The van der Waals surface area contributed by atoms with E-state index in [0.717, 1.165) is 25.3 Å². The van der Waals surface area contributed by atoms with E-state index in [2.05, 4.69) is 6.58 Å². The Balaban J connectivity index is 3.45. The van der Waals surface area contributed by atoms with E-state index >= 15 is 0 Å². The Bertz CT molecular complexity index is 305. The molecule has 0 aliphatic rings. The van der Waals surface area contributed by atoms with Gasteiger partial charge in [-0.05, 0) is 19.8 Å². The first kappa shape index (κ1) is 22.3. The number of esters is 1. The summed E-state index contributed by atoms with van der Waals surface area (Å²) in [6, 6.07) is 0.891. The maximum atomic E-state index is 10.8. The van der Waals surface area contributed by atoms with Gasteiger partial charge in [-0.15, -0.1) is 0 Å². The van der Waals surface area contributed by atoms with Gasteiger partial charge in [0.25, 0.3) is 0 Å². The molecule has 0 bridgehead atoms. The Morgan fingerprint density at radius 2 is 1.48 bits per heavy atom. The Kier molecular flexibility index (Phi) is 14.4. The summed E-state index contributed by atoms with van der Waals surface area (Å²) in [6.07, 6.45) is 10.4. The highest BCUT2D eigenvalue weighted by atomic mass is 28.4. The van der Waals surface area contributed by atoms with E-state index in [4.69, 9.17) is 18.0 Å². The smallest absolute Gasteiger partial charge is 0.463 e. The number of hydrogen-bond donors (Lipinski definition) is 0. The standard InChI is InChI=1S/C17H34O5Si/c1-5-17(18)21-15-13-11-9-7-8-10-12-14-16-23(19-3,20-4)22-6-2/h5H,1,6-16H2,2-4H3. The van der Waals surface area contributed by atoms with Gasteiger partial charge in [0, 0.05) is 32.9 Å². The second-order valence-corrected chi connectivity index (χ2v) is 8.45. The molecular weight excluding hydrogens is 312 g/mol. The van der Waals surface area contributed by atoms with Crippen LogP contribution < -0.4 is 0 Å². The quantitative estimate of drug-likeness (QED) is 0.182. The molecule has 0 N–H and O–H groups in total. The number of carbonyl (C=O) groups excluding carboxylic acids is 1. The van der Waals surface area contributed by atoms with E-state index < -0.39 is 8.80 Å². The van der Waals surface area contributed by atoms with Gasteiger partial charge in [0.1, 0.15) is 0 Å². The third kappa shape index (κ3) is 11.5. The number of hydrogen-bond acceptors (Lipinski definition) is 5. The molecule has 0 aliphatic heterocycles. The van der Waals surface area contributed by atoms with Crippen LogP contribution in [-0.4, -0.2) is 42.2 Å². The van der Waals surface area contributed by atoms with Gasteiger partial charge in [-0.3, -0.25) is 0 Å². The average molecular weight is 347 g/mol. The summed E-state index contributed by atoms with van der Waals surface area (Å²) >= 11 is 0. The molecule has 6 heteroatoms. The predicted octanol–water partition coefficient (Wildman–Crippen LogP) is 4.10.